The van der Waals surface area contributed by atoms with Gasteiger partial charge in [0.15, 0.2) is 5.82 Å². The van der Waals surface area contributed by atoms with E-state index < -0.39 is 0 Å². The second-order valence-corrected chi connectivity index (χ2v) is 7.93. The smallest absolute Gasteiger partial charge is 0.216 e. The number of nitrogens with zero attached hydrogens (tertiary/aromatic N) is 4. The summed E-state index contributed by atoms with van der Waals surface area (Å²) in [6, 6.07) is 8.46. The molecule has 0 amide bonds. The highest BCUT2D eigenvalue weighted by Gasteiger charge is 2.40. The number of aromatic amines is 1. The van der Waals surface area contributed by atoms with Crippen LogP contribution in [0.25, 0.3) is 10.9 Å². The van der Waals surface area contributed by atoms with Crippen LogP contribution >= 0.6 is 23.5 Å². The normalized spacial score (nSPS) is 19.5. The second kappa shape index (κ2) is 4.82. The van der Waals surface area contributed by atoms with E-state index in [2.05, 4.69) is 74.6 Å². The average Bonchev–Trinajstić information content (AvgIpc) is 3.25. The Balaban J connectivity index is 1.65. The lowest BCUT2D eigenvalue weighted by Gasteiger charge is -2.26. The van der Waals surface area contributed by atoms with Gasteiger partial charge < -0.3 is 4.98 Å². The molecule has 7 heteroatoms. The molecule has 0 saturated carbocycles. The number of fused-ring (bicyclic) bond motifs is 4. The standard InChI is InChI=1S/C16H15N5S2/c1-9(2)14-18-19-16-21(14)20-13(23-16)8-22-15(20)11-7-17-12-6-4-3-5-10(11)12/h3-9,15,17H,1-2H3/t15-/m1/s1. The Labute approximate surface area is 142 Å². The minimum Gasteiger partial charge on any atom is -0.361 e. The molecule has 0 radical (unpaired) electrons. The molecule has 3 aromatic rings. The average molecular weight is 341 g/mol. The first-order valence-electron chi connectivity index (χ1n) is 7.58. The van der Waals surface area contributed by atoms with Crippen LogP contribution in [-0.2, 0) is 0 Å². The summed E-state index contributed by atoms with van der Waals surface area (Å²) >= 11 is 3.54. The van der Waals surface area contributed by atoms with Crippen LogP contribution in [0.4, 0.5) is 0 Å². The van der Waals surface area contributed by atoms with Crippen LogP contribution in [0, 0.1) is 0 Å². The predicted octanol–water partition coefficient (Wildman–Crippen LogP) is 4.17. The van der Waals surface area contributed by atoms with Crippen molar-refractivity contribution in [3.8, 4) is 0 Å². The predicted molar refractivity (Wildman–Crippen MR) is 94.9 cm³/mol. The highest BCUT2D eigenvalue weighted by molar-refractivity contribution is 8.07. The molecule has 2 aliphatic rings. The van der Waals surface area contributed by atoms with Crippen LogP contribution < -0.4 is 5.01 Å². The van der Waals surface area contributed by atoms with Crippen LogP contribution in [0.2, 0.25) is 0 Å². The van der Waals surface area contributed by atoms with E-state index in [0.717, 1.165) is 11.0 Å². The third kappa shape index (κ3) is 1.83. The molecule has 5 nitrogen and oxygen atoms in total. The molecule has 0 aliphatic carbocycles. The monoisotopic (exact) mass is 341 g/mol. The molecule has 0 saturated heterocycles. The molecule has 1 aromatic carbocycles. The van der Waals surface area contributed by atoms with Crippen molar-refractivity contribution in [2.24, 2.45) is 0 Å². The first-order valence-corrected chi connectivity index (χ1v) is 9.34. The fraction of sp³-hybridized carbons (Fsp3) is 0.250. The Hall–Kier alpha value is -1.86. The summed E-state index contributed by atoms with van der Waals surface area (Å²) in [4.78, 5) is 3.39. The van der Waals surface area contributed by atoms with Crippen molar-refractivity contribution in [1.82, 2.24) is 19.9 Å². The number of para-hydroxylation sites is 1. The Morgan fingerprint density at radius 2 is 2.09 bits per heavy atom. The summed E-state index contributed by atoms with van der Waals surface area (Å²) in [5, 5.41) is 17.0. The zero-order valence-electron chi connectivity index (χ0n) is 12.7. The molecule has 0 spiro atoms. The van der Waals surface area contributed by atoms with Crippen molar-refractivity contribution in [2.45, 2.75) is 30.3 Å². The molecule has 0 bridgehead atoms. The summed E-state index contributed by atoms with van der Waals surface area (Å²) in [5.74, 6) is 1.36. The third-order valence-electron chi connectivity index (χ3n) is 4.20. The molecular weight excluding hydrogens is 326 g/mol. The Kier molecular flexibility index (Phi) is 2.84. The van der Waals surface area contributed by atoms with Gasteiger partial charge in [-0.05, 0) is 17.8 Å². The maximum Gasteiger partial charge on any atom is 0.216 e. The molecule has 5 rings (SSSR count). The summed E-state index contributed by atoms with van der Waals surface area (Å²) < 4.78 is 2.19. The second-order valence-electron chi connectivity index (χ2n) is 5.99. The summed E-state index contributed by atoms with van der Waals surface area (Å²) in [5.41, 5.74) is 2.48. The van der Waals surface area contributed by atoms with Gasteiger partial charge in [0.2, 0.25) is 5.16 Å². The Morgan fingerprint density at radius 3 is 2.96 bits per heavy atom. The van der Waals surface area contributed by atoms with E-state index in [-0.39, 0.29) is 5.37 Å². The first-order chi connectivity index (χ1) is 11.2. The molecule has 1 atom stereocenters. The molecule has 1 N–H and O–H groups in total. The number of nitrogens with one attached hydrogen (secondary N) is 1. The quantitative estimate of drug-likeness (QED) is 0.758. The number of aromatic nitrogens is 4. The van der Waals surface area contributed by atoms with E-state index in [0.29, 0.717) is 5.92 Å². The molecule has 23 heavy (non-hydrogen) atoms. The van der Waals surface area contributed by atoms with Gasteiger partial charge in [-0.25, -0.2) is 4.68 Å². The van der Waals surface area contributed by atoms with Crippen molar-refractivity contribution in [3.05, 3.63) is 52.3 Å². The lowest BCUT2D eigenvalue weighted by atomic mass is 10.1. The van der Waals surface area contributed by atoms with Crippen molar-refractivity contribution in [1.29, 1.82) is 0 Å². The number of rotatable bonds is 2. The Morgan fingerprint density at radius 1 is 1.22 bits per heavy atom. The van der Waals surface area contributed by atoms with Gasteiger partial charge in [-0.1, -0.05) is 43.8 Å². The van der Waals surface area contributed by atoms with E-state index in [1.54, 1.807) is 11.8 Å². The van der Waals surface area contributed by atoms with Crippen molar-refractivity contribution in [3.63, 3.8) is 0 Å². The van der Waals surface area contributed by atoms with Crippen LogP contribution in [-0.4, -0.2) is 19.9 Å². The molecule has 4 heterocycles. The number of hydrogen-bond acceptors (Lipinski definition) is 5. The zero-order valence-corrected chi connectivity index (χ0v) is 14.4. The van der Waals surface area contributed by atoms with Crippen molar-refractivity contribution in [2.75, 3.05) is 5.01 Å². The van der Waals surface area contributed by atoms with E-state index in [1.165, 1.54) is 21.5 Å². The molecule has 0 unspecified atom stereocenters. The molecule has 2 aliphatic heterocycles. The number of hydrogen-bond donors (Lipinski definition) is 1. The lowest BCUT2D eigenvalue weighted by Crippen LogP contribution is -2.31. The molecular formula is C16H15N5S2. The number of thioether (sulfide) groups is 2. The van der Waals surface area contributed by atoms with Crippen LogP contribution in [0.3, 0.4) is 0 Å². The van der Waals surface area contributed by atoms with Gasteiger partial charge in [-0.3, -0.25) is 5.01 Å². The summed E-state index contributed by atoms with van der Waals surface area (Å²) in [6.07, 6.45) is 2.13. The van der Waals surface area contributed by atoms with E-state index >= 15 is 0 Å². The maximum absolute atomic E-state index is 4.38. The van der Waals surface area contributed by atoms with E-state index in [9.17, 15) is 0 Å². The van der Waals surface area contributed by atoms with Gasteiger partial charge in [-0.15, -0.1) is 10.2 Å². The van der Waals surface area contributed by atoms with Gasteiger partial charge >= 0.3 is 0 Å². The van der Waals surface area contributed by atoms with E-state index in [1.807, 2.05) is 11.8 Å². The minimum atomic E-state index is 0.211. The summed E-state index contributed by atoms with van der Waals surface area (Å²) in [6.45, 7) is 4.32. The molecule has 2 aromatic heterocycles. The molecule has 0 fully saturated rings. The third-order valence-corrected chi connectivity index (χ3v) is 6.37. The number of H-pyrrole nitrogens is 1. The van der Waals surface area contributed by atoms with Gasteiger partial charge in [0.05, 0.1) is 0 Å². The van der Waals surface area contributed by atoms with Gasteiger partial charge in [0.1, 0.15) is 10.4 Å². The lowest BCUT2D eigenvalue weighted by molar-refractivity contribution is 0.583. The van der Waals surface area contributed by atoms with E-state index in [4.69, 9.17) is 0 Å². The topological polar surface area (TPSA) is 49.7 Å². The van der Waals surface area contributed by atoms with Crippen LogP contribution in [0.15, 0.2) is 46.1 Å². The highest BCUT2D eigenvalue weighted by Crippen LogP contribution is 2.52. The maximum atomic E-state index is 4.38. The Bertz CT molecular complexity index is 939. The number of benzene rings is 1. The first kappa shape index (κ1) is 13.6. The van der Waals surface area contributed by atoms with Gasteiger partial charge in [0, 0.05) is 34.0 Å². The zero-order chi connectivity index (χ0) is 15.6. The SMILES string of the molecule is CC(C)c1nnc2n1N1C(=CS[C@@H]1c1c[nH]c3ccccc13)S2. The van der Waals surface area contributed by atoms with Gasteiger partial charge in [0.25, 0.3) is 0 Å². The fourth-order valence-corrected chi connectivity index (χ4v) is 5.39. The highest BCUT2D eigenvalue weighted by atomic mass is 32.2. The summed E-state index contributed by atoms with van der Waals surface area (Å²) in [7, 11) is 0. The molecule has 116 valence electrons. The van der Waals surface area contributed by atoms with Crippen molar-refractivity contribution >= 4 is 34.4 Å². The fourth-order valence-electron chi connectivity index (χ4n) is 3.12. The minimum absolute atomic E-state index is 0.211. The van der Waals surface area contributed by atoms with Crippen LogP contribution in [0.1, 0.15) is 36.5 Å². The van der Waals surface area contributed by atoms with Gasteiger partial charge in [-0.2, -0.15) is 0 Å². The van der Waals surface area contributed by atoms with Crippen molar-refractivity contribution < 1.29 is 0 Å². The largest absolute Gasteiger partial charge is 0.361 e. The van der Waals surface area contributed by atoms with Crippen LogP contribution in [0.5, 0.6) is 0 Å².